The lowest BCUT2D eigenvalue weighted by Crippen LogP contribution is -2.37. The molecule has 0 amide bonds. The fraction of sp³-hybridized carbons (Fsp3) is 0.676. The molecule has 0 spiro atoms. The SMILES string of the molecule is CC1CCC(C(C)C)C(OP(=O)(OC2CC(C)CCC2C(C)C)C(OC(=O)c2ccc(N3CCOCC3)c([N+](=O)[O-])c2)c2cccnc2)C1. The van der Waals surface area contributed by atoms with Crippen LogP contribution in [0.4, 0.5) is 11.4 Å². The van der Waals surface area contributed by atoms with Gasteiger partial charge in [-0.3, -0.25) is 19.7 Å². The van der Waals surface area contributed by atoms with Crippen LogP contribution in [0.1, 0.15) is 102 Å². The molecule has 0 N–H and O–H groups in total. The number of anilines is 1. The summed E-state index contributed by atoms with van der Waals surface area (Å²) in [5, 5.41) is 12.2. The number of hydrogen-bond donors (Lipinski definition) is 0. The van der Waals surface area contributed by atoms with Crippen molar-refractivity contribution < 1.29 is 32.8 Å². The molecular formula is C37H54N3O8P. The second kappa shape index (κ2) is 16.4. The van der Waals surface area contributed by atoms with Gasteiger partial charge >= 0.3 is 13.6 Å². The number of benzene rings is 1. The van der Waals surface area contributed by atoms with Crippen molar-refractivity contribution in [2.24, 2.45) is 35.5 Å². The molecule has 270 valence electrons. The van der Waals surface area contributed by atoms with Crippen molar-refractivity contribution in [3.63, 3.8) is 0 Å². The Bertz CT molecular complexity index is 1430. The van der Waals surface area contributed by atoms with Gasteiger partial charge < -0.3 is 23.4 Å². The summed E-state index contributed by atoms with van der Waals surface area (Å²) in [7, 11) is -4.27. The van der Waals surface area contributed by atoms with Gasteiger partial charge in [0.15, 0.2) is 0 Å². The zero-order valence-corrected chi connectivity index (χ0v) is 30.8. The van der Waals surface area contributed by atoms with E-state index in [4.69, 9.17) is 18.5 Å². The first kappa shape index (κ1) is 37.4. The molecule has 3 fully saturated rings. The van der Waals surface area contributed by atoms with E-state index in [1.807, 2.05) is 4.90 Å². The molecule has 7 atom stereocenters. The number of rotatable bonds is 12. The number of hydrogen-bond acceptors (Lipinski definition) is 10. The van der Waals surface area contributed by atoms with Crippen molar-refractivity contribution in [3.8, 4) is 0 Å². The van der Waals surface area contributed by atoms with Crippen LogP contribution in [0.15, 0.2) is 42.7 Å². The molecule has 2 heterocycles. The largest absolute Gasteiger partial charge is 0.441 e. The first-order chi connectivity index (χ1) is 23.4. The van der Waals surface area contributed by atoms with Crippen LogP contribution >= 0.6 is 7.60 Å². The lowest BCUT2D eigenvalue weighted by Gasteiger charge is -2.43. The minimum atomic E-state index is -4.27. The molecule has 1 aromatic heterocycles. The molecule has 5 rings (SSSR count). The number of nitro benzene ring substituents is 1. The molecule has 12 heteroatoms. The van der Waals surface area contributed by atoms with Crippen LogP contribution in [0, 0.1) is 45.6 Å². The molecule has 0 bridgehead atoms. The Labute approximate surface area is 291 Å². The van der Waals surface area contributed by atoms with Crippen LogP contribution in [0.5, 0.6) is 0 Å². The summed E-state index contributed by atoms with van der Waals surface area (Å²) >= 11 is 0. The van der Waals surface area contributed by atoms with Crippen LogP contribution in [-0.2, 0) is 23.1 Å². The number of morpholine rings is 1. The van der Waals surface area contributed by atoms with Crippen LogP contribution in [0.25, 0.3) is 0 Å². The average molecular weight is 700 g/mol. The molecule has 1 aromatic carbocycles. The van der Waals surface area contributed by atoms with Crippen molar-refractivity contribution in [3.05, 3.63) is 64.0 Å². The van der Waals surface area contributed by atoms with E-state index < -0.39 is 24.3 Å². The number of carbonyl (C=O) groups is 1. The van der Waals surface area contributed by atoms with Gasteiger partial charge in [0.2, 0.25) is 5.85 Å². The first-order valence-corrected chi connectivity index (χ1v) is 19.7. The van der Waals surface area contributed by atoms with E-state index in [1.165, 1.54) is 18.3 Å². The summed E-state index contributed by atoms with van der Waals surface area (Å²) in [6, 6.07) is 7.72. The van der Waals surface area contributed by atoms with Crippen LogP contribution < -0.4 is 4.90 Å². The number of pyridine rings is 1. The Morgan fingerprint density at radius 1 is 0.959 bits per heavy atom. The van der Waals surface area contributed by atoms with Gasteiger partial charge in [-0.05, 0) is 79.4 Å². The Morgan fingerprint density at radius 2 is 1.55 bits per heavy atom. The molecule has 2 aliphatic carbocycles. The van der Waals surface area contributed by atoms with Crippen molar-refractivity contribution in [1.82, 2.24) is 4.98 Å². The Balaban J connectivity index is 1.55. The quantitative estimate of drug-likeness (QED) is 0.0917. The van der Waals surface area contributed by atoms with Gasteiger partial charge in [0.05, 0.1) is 35.9 Å². The minimum absolute atomic E-state index is 0.0261. The maximum atomic E-state index is 15.7. The lowest BCUT2D eigenvalue weighted by molar-refractivity contribution is -0.384. The highest BCUT2D eigenvalue weighted by Gasteiger charge is 2.49. The van der Waals surface area contributed by atoms with Gasteiger partial charge in [-0.15, -0.1) is 0 Å². The molecule has 2 saturated carbocycles. The molecule has 1 saturated heterocycles. The van der Waals surface area contributed by atoms with Crippen LogP contribution in [0.2, 0.25) is 0 Å². The van der Waals surface area contributed by atoms with Crippen molar-refractivity contribution in [1.29, 1.82) is 0 Å². The van der Waals surface area contributed by atoms with E-state index >= 15 is 4.57 Å². The minimum Gasteiger partial charge on any atom is -0.441 e. The monoisotopic (exact) mass is 699 g/mol. The summed E-state index contributed by atoms with van der Waals surface area (Å²) in [5.41, 5.74) is 0.551. The topological polar surface area (TPSA) is 130 Å². The standard InChI is InChI=1S/C37H54N3O8P/c1-24(2)30-12-9-26(5)20-34(30)47-49(44,48-35-21-27(6)10-13-31(35)25(3)4)37(29-8-7-15-38-23-29)46-36(41)28-11-14-32(33(22-28)40(42)43)39-16-18-45-19-17-39/h7-8,11,14-15,22-27,30-31,34-35,37H,9-10,12-13,16-21H2,1-6H3. The molecule has 2 aromatic rings. The van der Waals surface area contributed by atoms with Gasteiger partial charge in [-0.2, -0.15) is 0 Å². The summed E-state index contributed by atoms with van der Waals surface area (Å²) in [6.07, 6.45) is 7.82. The van der Waals surface area contributed by atoms with E-state index in [0.717, 1.165) is 25.7 Å². The molecule has 7 unspecified atom stereocenters. The summed E-state index contributed by atoms with van der Waals surface area (Å²) in [6.45, 7) is 14.9. The number of aromatic nitrogens is 1. The molecule has 49 heavy (non-hydrogen) atoms. The zero-order valence-electron chi connectivity index (χ0n) is 29.9. The second-order valence-electron chi connectivity index (χ2n) is 15.1. The number of carbonyl (C=O) groups excluding carboxylic acids is 1. The maximum absolute atomic E-state index is 15.7. The zero-order chi connectivity index (χ0) is 35.3. The molecular weight excluding hydrogens is 645 g/mol. The number of esters is 1. The van der Waals surface area contributed by atoms with E-state index in [1.54, 1.807) is 24.4 Å². The second-order valence-corrected chi connectivity index (χ2v) is 17.1. The Kier molecular flexibility index (Phi) is 12.6. The van der Waals surface area contributed by atoms with Crippen LogP contribution in [-0.4, -0.2) is 54.4 Å². The highest BCUT2D eigenvalue weighted by molar-refractivity contribution is 7.54. The predicted molar refractivity (Wildman–Crippen MR) is 189 cm³/mol. The fourth-order valence-corrected chi connectivity index (χ4v) is 10.1. The normalized spacial score (nSPS) is 28.2. The summed E-state index contributed by atoms with van der Waals surface area (Å²) < 4.78 is 40.9. The summed E-state index contributed by atoms with van der Waals surface area (Å²) in [5.74, 6) is -0.662. The molecule has 1 aliphatic heterocycles. The first-order valence-electron chi connectivity index (χ1n) is 18.0. The molecule has 3 aliphatic rings. The third-order valence-corrected chi connectivity index (χ3v) is 12.8. The van der Waals surface area contributed by atoms with Crippen molar-refractivity contribution in [2.75, 3.05) is 31.2 Å². The van der Waals surface area contributed by atoms with Gasteiger partial charge in [-0.25, -0.2) is 4.79 Å². The summed E-state index contributed by atoms with van der Waals surface area (Å²) in [4.78, 5) is 31.9. The third kappa shape index (κ3) is 9.09. The molecule has 11 nitrogen and oxygen atoms in total. The van der Waals surface area contributed by atoms with Crippen LogP contribution in [0.3, 0.4) is 0 Å². The lowest BCUT2D eigenvalue weighted by atomic mass is 9.75. The average Bonchev–Trinajstić information content (AvgIpc) is 3.07. The van der Waals surface area contributed by atoms with Gasteiger partial charge in [0.25, 0.3) is 5.69 Å². The van der Waals surface area contributed by atoms with Gasteiger partial charge in [0.1, 0.15) is 5.69 Å². The predicted octanol–water partition coefficient (Wildman–Crippen LogP) is 8.83. The van der Waals surface area contributed by atoms with E-state index in [-0.39, 0.29) is 47.1 Å². The maximum Gasteiger partial charge on any atom is 0.376 e. The number of nitro groups is 1. The van der Waals surface area contributed by atoms with E-state index in [9.17, 15) is 14.9 Å². The fourth-order valence-electron chi connectivity index (χ4n) is 7.86. The Hall–Kier alpha value is -2.85. The van der Waals surface area contributed by atoms with Crippen molar-refractivity contribution >= 4 is 24.9 Å². The molecule has 0 radical (unpaired) electrons. The number of ether oxygens (including phenoxy) is 2. The van der Waals surface area contributed by atoms with Crippen molar-refractivity contribution in [2.45, 2.75) is 98.1 Å². The highest BCUT2D eigenvalue weighted by atomic mass is 31.2. The highest BCUT2D eigenvalue weighted by Crippen LogP contribution is 2.66. The number of nitrogens with zero attached hydrogens (tertiary/aromatic N) is 3. The smallest absolute Gasteiger partial charge is 0.376 e. The third-order valence-electron chi connectivity index (χ3n) is 10.7. The van der Waals surface area contributed by atoms with E-state index in [2.05, 4.69) is 46.5 Å². The Morgan fingerprint density at radius 3 is 2.06 bits per heavy atom. The van der Waals surface area contributed by atoms with E-state index in [0.29, 0.717) is 62.2 Å². The van der Waals surface area contributed by atoms with Gasteiger partial charge in [0, 0.05) is 37.1 Å². The van der Waals surface area contributed by atoms with Gasteiger partial charge in [-0.1, -0.05) is 60.5 Å².